The SMILES string of the molecule is CB1C=c2c(oc3ncccc23)=CN1c1cc(-c2ccccc2)cc[n+]1C. The van der Waals surface area contributed by atoms with Crippen LogP contribution < -0.4 is 20.0 Å². The van der Waals surface area contributed by atoms with Crippen LogP contribution in [0.2, 0.25) is 6.82 Å². The molecule has 0 saturated carbocycles. The zero-order chi connectivity index (χ0) is 18.4. The molecule has 4 aromatic rings. The van der Waals surface area contributed by atoms with Crippen LogP contribution in [0.15, 0.2) is 71.4 Å². The molecule has 5 heteroatoms. The average molecular weight is 352 g/mol. The van der Waals surface area contributed by atoms with E-state index in [0.717, 1.165) is 21.8 Å². The Bertz CT molecular complexity index is 1260. The first kappa shape index (κ1) is 15.9. The Morgan fingerprint density at radius 1 is 1.04 bits per heavy atom. The second kappa shape index (κ2) is 6.13. The van der Waals surface area contributed by atoms with E-state index in [0.29, 0.717) is 5.71 Å². The maximum absolute atomic E-state index is 6.00. The third-order valence-corrected chi connectivity index (χ3v) is 5.13. The minimum Gasteiger partial charge on any atom is -0.434 e. The highest BCUT2D eigenvalue weighted by molar-refractivity contribution is 6.77. The highest BCUT2D eigenvalue weighted by Crippen LogP contribution is 2.23. The number of rotatable bonds is 2. The van der Waals surface area contributed by atoms with Gasteiger partial charge in [-0.1, -0.05) is 36.3 Å². The summed E-state index contributed by atoms with van der Waals surface area (Å²) in [4.78, 5) is 6.60. The van der Waals surface area contributed by atoms with Gasteiger partial charge in [0.2, 0.25) is 5.71 Å². The highest BCUT2D eigenvalue weighted by atomic mass is 16.3. The van der Waals surface area contributed by atoms with Gasteiger partial charge < -0.3 is 4.42 Å². The largest absolute Gasteiger partial charge is 0.434 e. The van der Waals surface area contributed by atoms with Crippen LogP contribution in [0.5, 0.6) is 0 Å². The number of nitrogens with zero attached hydrogens (tertiary/aromatic N) is 3. The zero-order valence-electron chi connectivity index (χ0n) is 15.3. The lowest BCUT2D eigenvalue weighted by molar-refractivity contribution is -0.657. The van der Waals surface area contributed by atoms with Crippen LogP contribution in [0.3, 0.4) is 0 Å². The van der Waals surface area contributed by atoms with Crippen molar-refractivity contribution in [2.45, 2.75) is 6.82 Å². The quantitative estimate of drug-likeness (QED) is 0.411. The number of fused-ring (bicyclic) bond motifs is 3. The van der Waals surface area contributed by atoms with Gasteiger partial charge in [0.1, 0.15) is 6.20 Å². The molecule has 1 aliphatic heterocycles. The topological polar surface area (TPSA) is 33.2 Å². The lowest BCUT2D eigenvalue weighted by atomic mass is 9.61. The Labute approximate surface area is 157 Å². The van der Waals surface area contributed by atoms with E-state index in [-0.39, 0.29) is 6.85 Å². The molecule has 27 heavy (non-hydrogen) atoms. The van der Waals surface area contributed by atoms with E-state index in [1.807, 2.05) is 12.1 Å². The van der Waals surface area contributed by atoms with Crippen LogP contribution in [0.1, 0.15) is 0 Å². The molecule has 0 amide bonds. The fourth-order valence-corrected chi connectivity index (χ4v) is 3.70. The first-order valence-electron chi connectivity index (χ1n) is 9.11. The van der Waals surface area contributed by atoms with Crippen molar-refractivity contribution in [1.82, 2.24) is 4.98 Å². The Hall–Kier alpha value is -3.34. The van der Waals surface area contributed by atoms with Crippen LogP contribution in [0.25, 0.3) is 34.4 Å². The molecule has 4 nitrogen and oxygen atoms in total. The average Bonchev–Trinajstić information content (AvgIpc) is 3.06. The summed E-state index contributed by atoms with van der Waals surface area (Å²) in [5.41, 5.74) is 3.95. The number of hydrogen-bond donors (Lipinski definition) is 0. The third kappa shape index (κ3) is 2.63. The predicted molar refractivity (Wildman–Crippen MR) is 109 cm³/mol. The summed E-state index contributed by atoms with van der Waals surface area (Å²) in [6.07, 6.45) is 5.96. The molecule has 0 N–H and O–H groups in total. The molecule has 0 aliphatic carbocycles. The summed E-state index contributed by atoms with van der Waals surface area (Å²) in [5.74, 6) is 3.36. The molecule has 0 unspecified atom stereocenters. The van der Waals surface area contributed by atoms with E-state index in [4.69, 9.17) is 4.42 Å². The smallest absolute Gasteiger partial charge is 0.402 e. The van der Waals surface area contributed by atoms with E-state index in [2.05, 4.69) is 89.1 Å². The molecule has 0 saturated heterocycles. The second-order valence-corrected chi connectivity index (χ2v) is 6.93. The third-order valence-electron chi connectivity index (χ3n) is 5.13. The molecule has 0 radical (unpaired) electrons. The number of furan rings is 1. The van der Waals surface area contributed by atoms with E-state index >= 15 is 0 Å². The van der Waals surface area contributed by atoms with Gasteiger partial charge in [-0.25, -0.2) is 9.55 Å². The maximum atomic E-state index is 6.00. The molecule has 1 aliphatic rings. The molecule has 0 bridgehead atoms. The van der Waals surface area contributed by atoms with Crippen LogP contribution >= 0.6 is 0 Å². The number of benzene rings is 1. The van der Waals surface area contributed by atoms with E-state index in [9.17, 15) is 0 Å². The van der Waals surface area contributed by atoms with Crippen molar-refractivity contribution in [3.8, 4) is 11.1 Å². The van der Waals surface area contributed by atoms with Gasteiger partial charge in [0, 0.05) is 22.9 Å². The van der Waals surface area contributed by atoms with Crippen molar-refractivity contribution in [3.05, 3.63) is 77.6 Å². The van der Waals surface area contributed by atoms with Gasteiger partial charge in [0.25, 0.3) is 5.82 Å². The summed E-state index contributed by atoms with van der Waals surface area (Å²) >= 11 is 0. The molecule has 3 aromatic heterocycles. The molecular weight excluding hydrogens is 333 g/mol. The molecule has 1 aromatic carbocycles. The van der Waals surface area contributed by atoms with Crippen molar-refractivity contribution in [2.75, 3.05) is 4.81 Å². The molecule has 5 rings (SSSR count). The summed E-state index contributed by atoms with van der Waals surface area (Å²) in [6.45, 7) is 2.40. The van der Waals surface area contributed by atoms with Crippen molar-refractivity contribution < 1.29 is 8.98 Å². The monoisotopic (exact) mass is 352 g/mol. The lowest BCUT2D eigenvalue weighted by Crippen LogP contribution is -2.47. The molecular formula is C22H19BN3O+. The van der Waals surface area contributed by atoms with Crippen LogP contribution in [-0.2, 0) is 7.05 Å². The standard InChI is InChI=1S/C22H19BN3O/c1-23-14-19-18-9-6-11-24-22(18)27-20(19)15-26(23)21-13-17(10-12-25(21)2)16-7-4-3-5-8-16/h3-15H,1-2H3/q+1. The first-order valence-corrected chi connectivity index (χ1v) is 9.11. The Balaban J connectivity index is 1.67. The molecule has 0 spiro atoms. The van der Waals surface area contributed by atoms with Gasteiger partial charge in [0.05, 0.1) is 13.2 Å². The zero-order valence-corrected chi connectivity index (χ0v) is 15.3. The number of aryl methyl sites for hydroxylation is 1. The van der Waals surface area contributed by atoms with Crippen molar-refractivity contribution in [1.29, 1.82) is 0 Å². The van der Waals surface area contributed by atoms with E-state index in [1.54, 1.807) is 6.20 Å². The summed E-state index contributed by atoms with van der Waals surface area (Å²) in [7, 11) is 2.07. The molecule has 0 fully saturated rings. The van der Waals surface area contributed by atoms with Gasteiger partial charge >= 0.3 is 6.85 Å². The summed E-state index contributed by atoms with van der Waals surface area (Å²) in [5, 5.41) is 2.20. The normalized spacial score (nSPS) is 13.3. The number of hydrogen-bond acceptors (Lipinski definition) is 3. The van der Waals surface area contributed by atoms with Crippen molar-refractivity contribution in [2.24, 2.45) is 7.05 Å². The van der Waals surface area contributed by atoms with E-state index in [1.165, 1.54) is 11.1 Å². The first-order chi connectivity index (χ1) is 13.2. The number of anilines is 1. The van der Waals surface area contributed by atoms with Gasteiger partial charge in [-0.3, -0.25) is 4.81 Å². The van der Waals surface area contributed by atoms with Gasteiger partial charge in [-0.15, -0.1) is 0 Å². The fraction of sp³-hybridized carbons (Fsp3) is 0.0909. The summed E-state index contributed by atoms with van der Waals surface area (Å²) < 4.78 is 8.13. The molecule has 4 heterocycles. The number of aromatic nitrogens is 2. The van der Waals surface area contributed by atoms with Crippen LogP contribution in [0, 0.1) is 0 Å². The molecule has 0 atom stereocenters. The van der Waals surface area contributed by atoms with Crippen LogP contribution in [-0.4, -0.2) is 11.8 Å². The lowest BCUT2D eigenvalue weighted by Gasteiger charge is -2.19. The van der Waals surface area contributed by atoms with Crippen molar-refractivity contribution in [3.63, 3.8) is 0 Å². The van der Waals surface area contributed by atoms with E-state index < -0.39 is 0 Å². The van der Waals surface area contributed by atoms with Gasteiger partial charge in [0.15, 0.2) is 5.42 Å². The minimum atomic E-state index is 0.204. The van der Waals surface area contributed by atoms with Crippen molar-refractivity contribution >= 4 is 35.9 Å². The van der Waals surface area contributed by atoms with Gasteiger partial charge in [-0.05, 0) is 36.1 Å². The Morgan fingerprint density at radius 3 is 2.74 bits per heavy atom. The van der Waals surface area contributed by atoms with Gasteiger partial charge in [-0.2, -0.15) is 0 Å². The Morgan fingerprint density at radius 2 is 1.89 bits per heavy atom. The van der Waals surface area contributed by atoms with Crippen LogP contribution in [0.4, 0.5) is 5.82 Å². The highest BCUT2D eigenvalue weighted by Gasteiger charge is 2.29. The maximum Gasteiger partial charge on any atom is 0.402 e. The second-order valence-electron chi connectivity index (χ2n) is 6.93. The number of pyridine rings is 2. The fourth-order valence-electron chi connectivity index (χ4n) is 3.70. The Kier molecular flexibility index (Phi) is 3.61. The predicted octanol–water partition coefficient (Wildman–Crippen LogP) is 2.52. The molecule has 130 valence electrons. The minimum absolute atomic E-state index is 0.204. The summed E-state index contributed by atoms with van der Waals surface area (Å²) in [6, 6.07) is 18.8.